The summed E-state index contributed by atoms with van der Waals surface area (Å²) in [6.45, 7) is 0. The molecule has 0 aliphatic carbocycles. The largest absolute Gasteiger partial charge is 0.309 e. The van der Waals surface area contributed by atoms with Gasteiger partial charge < -0.3 is 4.57 Å². The second-order valence-electron chi connectivity index (χ2n) is 14.5. The van der Waals surface area contributed by atoms with Crippen LogP contribution in [0, 0.1) is 0 Å². The van der Waals surface area contributed by atoms with Gasteiger partial charge in [-0.1, -0.05) is 176 Å². The Morgan fingerprint density at radius 2 is 0.684 bits per heavy atom. The van der Waals surface area contributed by atoms with E-state index in [9.17, 15) is 0 Å². The molecular formula is C53H34N4. The van der Waals surface area contributed by atoms with Crippen LogP contribution in [0.5, 0.6) is 0 Å². The van der Waals surface area contributed by atoms with E-state index in [1.807, 2.05) is 6.07 Å². The zero-order chi connectivity index (χ0) is 37.7. The minimum atomic E-state index is 0.619. The summed E-state index contributed by atoms with van der Waals surface area (Å²) in [6, 6.07) is 72.9. The van der Waals surface area contributed by atoms with Crippen LogP contribution in [0.3, 0.4) is 0 Å². The Morgan fingerprint density at radius 3 is 1.32 bits per heavy atom. The number of nitrogens with zero attached hydrogens (tertiary/aromatic N) is 4. The molecule has 4 nitrogen and oxygen atoms in total. The first-order valence-electron chi connectivity index (χ1n) is 19.3. The standard InChI is InChI=1S/C53H34N4/c1-2-12-35(13-3-1)37-22-27-39(28-23-37)51-54-52(40-29-24-38(25-30-40)42-31-26-36-14-4-5-15-41(36)32-42)56-53(55-51)44-33-43-16-6-7-17-45(43)50(34-44)57-48-20-10-8-18-46(48)47-19-9-11-21-49(47)57/h1-34H. The van der Waals surface area contributed by atoms with Crippen LogP contribution < -0.4 is 0 Å². The van der Waals surface area contributed by atoms with E-state index in [0.717, 1.165) is 55.3 Å². The van der Waals surface area contributed by atoms with Crippen LogP contribution in [0.15, 0.2) is 206 Å². The fraction of sp³-hybridized carbons (Fsp3) is 0. The summed E-state index contributed by atoms with van der Waals surface area (Å²) in [5.41, 5.74) is 10.8. The van der Waals surface area contributed by atoms with Crippen molar-refractivity contribution in [2.45, 2.75) is 0 Å². The fourth-order valence-corrected chi connectivity index (χ4v) is 8.17. The fourth-order valence-electron chi connectivity index (χ4n) is 8.17. The number of fused-ring (bicyclic) bond motifs is 5. The predicted molar refractivity (Wildman–Crippen MR) is 236 cm³/mol. The minimum Gasteiger partial charge on any atom is -0.309 e. The highest BCUT2D eigenvalue weighted by atomic mass is 15.0. The van der Waals surface area contributed by atoms with Crippen molar-refractivity contribution in [3.8, 4) is 62.1 Å². The molecular weight excluding hydrogens is 693 g/mol. The van der Waals surface area contributed by atoms with Crippen LogP contribution in [0.4, 0.5) is 0 Å². The highest BCUT2D eigenvalue weighted by Gasteiger charge is 2.18. The number of benzene rings is 9. The molecule has 0 fully saturated rings. The highest BCUT2D eigenvalue weighted by molar-refractivity contribution is 6.11. The maximum Gasteiger partial charge on any atom is 0.164 e. The lowest BCUT2D eigenvalue weighted by Gasteiger charge is -2.15. The quantitative estimate of drug-likeness (QED) is 0.171. The molecule has 0 atom stereocenters. The van der Waals surface area contributed by atoms with E-state index >= 15 is 0 Å². The molecule has 11 aromatic rings. The van der Waals surface area contributed by atoms with E-state index in [2.05, 4.69) is 205 Å². The first-order valence-corrected chi connectivity index (χ1v) is 19.3. The van der Waals surface area contributed by atoms with Crippen molar-refractivity contribution in [3.05, 3.63) is 206 Å². The van der Waals surface area contributed by atoms with Crippen LogP contribution in [0.25, 0.3) is 105 Å². The van der Waals surface area contributed by atoms with Crippen LogP contribution in [0.2, 0.25) is 0 Å². The summed E-state index contributed by atoms with van der Waals surface area (Å²) in [5, 5.41) is 7.16. The third kappa shape index (κ3) is 5.83. The van der Waals surface area contributed by atoms with Gasteiger partial charge in [-0.25, -0.2) is 15.0 Å². The molecule has 0 unspecified atom stereocenters. The Kier molecular flexibility index (Phi) is 7.78. The molecule has 4 heteroatoms. The van der Waals surface area contributed by atoms with Crippen molar-refractivity contribution in [1.82, 2.24) is 19.5 Å². The average Bonchev–Trinajstić information content (AvgIpc) is 3.63. The average molecular weight is 727 g/mol. The first kappa shape index (κ1) is 32.7. The van der Waals surface area contributed by atoms with Gasteiger partial charge in [0.15, 0.2) is 17.5 Å². The SMILES string of the molecule is c1ccc(-c2ccc(-c3nc(-c4ccc(-c5ccc6ccccc6c5)cc4)nc(-c4cc(-n5c6ccccc6c6ccccc65)c5ccccc5c4)n3)cc2)cc1. The summed E-state index contributed by atoms with van der Waals surface area (Å²) in [7, 11) is 0. The van der Waals surface area contributed by atoms with Gasteiger partial charge in [-0.15, -0.1) is 0 Å². The van der Waals surface area contributed by atoms with Crippen molar-refractivity contribution >= 4 is 43.4 Å². The second-order valence-corrected chi connectivity index (χ2v) is 14.5. The van der Waals surface area contributed by atoms with Crippen molar-refractivity contribution in [1.29, 1.82) is 0 Å². The maximum absolute atomic E-state index is 5.23. The molecule has 0 aliphatic heterocycles. The highest BCUT2D eigenvalue weighted by Crippen LogP contribution is 2.37. The summed E-state index contributed by atoms with van der Waals surface area (Å²) in [4.78, 5) is 15.6. The van der Waals surface area contributed by atoms with Crippen LogP contribution >= 0.6 is 0 Å². The molecule has 9 aromatic carbocycles. The lowest BCUT2D eigenvalue weighted by Crippen LogP contribution is -2.02. The van der Waals surface area contributed by atoms with Crippen molar-refractivity contribution < 1.29 is 0 Å². The Morgan fingerprint density at radius 1 is 0.263 bits per heavy atom. The molecule has 0 saturated heterocycles. The van der Waals surface area contributed by atoms with Crippen LogP contribution in [-0.4, -0.2) is 19.5 Å². The predicted octanol–water partition coefficient (Wildman–Crippen LogP) is 13.6. The lowest BCUT2D eigenvalue weighted by molar-refractivity contribution is 1.07. The third-order valence-corrected chi connectivity index (χ3v) is 11.0. The van der Waals surface area contributed by atoms with Gasteiger partial charge in [0.1, 0.15) is 0 Å². The van der Waals surface area contributed by atoms with Gasteiger partial charge in [0, 0.05) is 32.8 Å². The van der Waals surface area contributed by atoms with Crippen LogP contribution in [-0.2, 0) is 0 Å². The molecule has 11 rings (SSSR count). The van der Waals surface area contributed by atoms with E-state index < -0.39 is 0 Å². The van der Waals surface area contributed by atoms with E-state index in [1.54, 1.807) is 0 Å². The first-order chi connectivity index (χ1) is 28.2. The smallest absolute Gasteiger partial charge is 0.164 e. The van der Waals surface area contributed by atoms with Gasteiger partial charge in [-0.2, -0.15) is 0 Å². The molecule has 0 amide bonds. The maximum atomic E-state index is 5.23. The molecule has 0 spiro atoms. The number of aromatic nitrogens is 4. The molecule has 0 bridgehead atoms. The summed E-state index contributed by atoms with van der Waals surface area (Å²) >= 11 is 0. The Labute approximate surface area is 330 Å². The molecule has 2 aromatic heterocycles. The van der Waals surface area contributed by atoms with E-state index in [-0.39, 0.29) is 0 Å². The summed E-state index contributed by atoms with van der Waals surface area (Å²) < 4.78 is 2.38. The van der Waals surface area contributed by atoms with Gasteiger partial charge in [0.05, 0.1) is 16.7 Å². The van der Waals surface area contributed by atoms with Gasteiger partial charge in [0.25, 0.3) is 0 Å². The number of rotatable bonds is 6. The Bertz CT molecular complexity index is 3220. The summed E-state index contributed by atoms with van der Waals surface area (Å²) in [6.07, 6.45) is 0. The van der Waals surface area contributed by atoms with Crippen molar-refractivity contribution in [2.24, 2.45) is 0 Å². The molecule has 0 N–H and O–H groups in total. The van der Waals surface area contributed by atoms with Crippen LogP contribution in [0.1, 0.15) is 0 Å². The van der Waals surface area contributed by atoms with Crippen molar-refractivity contribution in [3.63, 3.8) is 0 Å². The number of hydrogen-bond acceptors (Lipinski definition) is 3. The van der Waals surface area contributed by atoms with E-state index in [4.69, 9.17) is 15.0 Å². The molecule has 266 valence electrons. The van der Waals surface area contributed by atoms with Gasteiger partial charge in [-0.3, -0.25) is 0 Å². The number of para-hydroxylation sites is 2. The number of hydrogen-bond donors (Lipinski definition) is 0. The molecule has 57 heavy (non-hydrogen) atoms. The van der Waals surface area contributed by atoms with Gasteiger partial charge in [-0.05, 0) is 68.7 Å². The molecule has 0 saturated carbocycles. The topological polar surface area (TPSA) is 43.6 Å². The third-order valence-electron chi connectivity index (χ3n) is 11.0. The van der Waals surface area contributed by atoms with E-state index in [1.165, 1.54) is 32.7 Å². The van der Waals surface area contributed by atoms with Crippen molar-refractivity contribution in [2.75, 3.05) is 0 Å². The minimum absolute atomic E-state index is 0.619. The summed E-state index contributed by atoms with van der Waals surface area (Å²) in [5.74, 6) is 1.87. The van der Waals surface area contributed by atoms with E-state index in [0.29, 0.717) is 17.5 Å². The second kappa shape index (κ2) is 13.6. The van der Waals surface area contributed by atoms with Gasteiger partial charge in [0.2, 0.25) is 0 Å². The zero-order valence-electron chi connectivity index (χ0n) is 30.9. The normalized spacial score (nSPS) is 11.5. The molecule has 2 heterocycles. The molecule has 0 radical (unpaired) electrons. The lowest BCUT2D eigenvalue weighted by atomic mass is 10.00. The Balaban J connectivity index is 1.09. The monoisotopic (exact) mass is 726 g/mol. The molecule has 0 aliphatic rings. The zero-order valence-corrected chi connectivity index (χ0v) is 30.9. The Hall–Kier alpha value is -7.69. The van der Waals surface area contributed by atoms with Gasteiger partial charge >= 0.3 is 0 Å².